The maximum Gasteiger partial charge on any atom is 0.194 e. The van der Waals surface area contributed by atoms with Gasteiger partial charge in [0.1, 0.15) is 5.75 Å². The zero-order valence-electron chi connectivity index (χ0n) is 9.87. The van der Waals surface area contributed by atoms with E-state index in [1.165, 1.54) is 17.3 Å². The number of fused-ring (bicyclic) bond motifs is 2. The van der Waals surface area contributed by atoms with Crippen LogP contribution in [0.3, 0.4) is 0 Å². The number of phenolic OH excluding ortho intramolecular Hbond substituents is 1. The first-order chi connectivity index (χ1) is 8.74. The second-order valence-electron chi connectivity index (χ2n) is 3.96. The largest absolute Gasteiger partial charge is 0.508 e. The summed E-state index contributed by atoms with van der Waals surface area (Å²) < 4.78 is 0. The number of aromatic hydroxyl groups is 1. The van der Waals surface area contributed by atoms with Crippen LogP contribution in [-0.4, -0.2) is 10.2 Å². The van der Waals surface area contributed by atoms with Crippen LogP contribution >= 0.6 is 11.8 Å². The summed E-state index contributed by atoms with van der Waals surface area (Å²) in [6, 6.07) is 16.9. The molecule has 0 aliphatic carbocycles. The maximum absolute atomic E-state index is 11.1. The zero-order chi connectivity index (χ0) is 12.8. The van der Waals surface area contributed by atoms with Crippen LogP contribution in [0.25, 0.3) is 0 Å². The number of benzene rings is 2. The van der Waals surface area contributed by atoms with E-state index >= 15 is 0 Å². The van der Waals surface area contributed by atoms with Crippen molar-refractivity contribution in [3.05, 3.63) is 60.2 Å². The van der Waals surface area contributed by atoms with Crippen LogP contribution in [0, 0.1) is 0 Å². The minimum Gasteiger partial charge on any atom is -0.508 e. The summed E-state index contributed by atoms with van der Waals surface area (Å²) in [6.07, 6.45) is 1.58. The van der Waals surface area contributed by atoms with E-state index in [1.54, 1.807) is 24.3 Å². The Bertz CT molecular complexity index is 523. The number of hydrogen-bond donors (Lipinski definition) is 1. The van der Waals surface area contributed by atoms with Crippen molar-refractivity contribution >= 4 is 16.9 Å². The summed E-state index contributed by atoms with van der Waals surface area (Å²) in [5.41, 5.74) is 1.28. The first-order valence-corrected chi connectivity index (χ1v) is 6.59. The molecule has 0 radical (unpaired) electrons. The van der Waals surface area contributed by atoms with Gasteiger partial charge in [-0.05, 0) is 36.2 Å². The lowest BCUT2D eigenvalue weighted by Gasteiger charge is -1.93. The van der Waals surface area contributed by atoms with Crippen molar-refractivity contribution in [2.75, 3.05) is 0 Å². The summed E-state index contributed by atoms with van der Waals surface area (Å²) in [5, 5.41) is 8.92. The molecule has 1 aliphatic rings. The van der Waals surface area contributed by atoms with Crippen LogP contribution in [0.4, 0.5) is 0 Å². The lowest BCUT2D eigenvalue weighted by Crippen LogP contribution is -1.89. The Hall–Kier alpha value is -1.74. The Morgan fingerprint density at radius 2 is 1.72 bits per heavy atom. The molecule has 3 heteroatoms. The summed E-state index contributed by atoms with van der Waals surface area (Å²) in [6.45, 7) is 0. The Morgan fingerprint density at radius 3 is 2.39 bits per heavy atom. The molecule has 0 unspecified atom stereocenters. The smallest absolute Gasteiger partial charge is 0.194 e. The molecule has 0 fully saturated rings. The number of para-hydroxylation sites is 1. The Labute approximate surface area is 111 Å². The first kappa shape index (κ1) is 12.7. The van der Waals surface area contributed by atoms with Gasteiger partial charge in [-0.25, -0.2) is 0 Å². The summed E-state index contributed by atoms with van der Waals surface area (Å²) in [5.74, 6) is 0.322. The molecule has 0 atom stereocenters. The van der Waals surface area contributed by atoms with Crippen molar-refractivity contribution in [2.45, 2.75) is 17.7 Å². The van der Waals surface area contributed by atoms with Gasteiger partial charge in [0.05, 0.1) is 0 Å². The average Bonchev–Trinajstić information content (AvgIpc) is 2.50. The SMILES string of the molecule is O=C1CCc2cccc(c2)S1.Oc1ccccc1. The van der Waals surface area contributed by atoms with Gasteiger partial charge in [0.15, 0.2) is 5.12 Å². The van der Waals surface area contributed by atoms with Crippen LogP contribution in [0.2, 0.25) is 0 Å². The van der Waals surface area contributed by atoms with Gasteiger partial charge in [0.25, 0.3) is 0 Å². The monoisotopic (exact) mass is 258 g/mol. The van der Waals surface area contributed by atoms with E-state index < -0.39 is 0 Å². The first-order valence-electron chi connectivity index (χ1n) is 5.78. The molecule has 2 aromatic carbocycles. The molecule has 1 N–H and O–H groups in total. The highest BCUT2D eigenvalue weighted by atomic mass is 32.2. The summed E-state index contributed by atoms with van der Waals surface area (Å²) in [4.78, 5) is 12.2. The van der Waals surface area contributed by atoms with Crippen LogP contribution in [0.5, 0.6) is 5.75 Å². The molecule has 0 saturated carbocycles. The summed E-state index contributed by atoms with van der Waals surface area (Å²) in [7, 11) is 0. The maximum atomic E-state index is 11.1. The van der Waals surface area contributed by atoms with E-state index in [9.17, 15) is 4.79 Å². The standard InChI is InChI=1S/C9H8OS.C6H6O/c10-9-5-4-7-2-1-3-8(6-7)11-9;7-6-4-2-1-3-5-6/h1-3,6H,4-5H2;1-5,7H. The number of phenols is 1. The van der Waals surface area contributed by atoms with Crippen molar-refractivity contribution in [1.82, 2.24) is 0 Å². The van der Waals surface area contributed by atoms with Gasteiger partial charge in [0.2, 0.25) is 0 Å². The minimum absolute atomic E-state index is 0.284. The van der Waals surface area contributed by atoms with Gasteiger partial charge in [-0.3, -0.25) is 4.79 Å². The normalized spacial score (nSPS) is 13.2. The van der Waals surface area contributed by atoms with Gasteiger partial charge in [-0.15, -0.1) is 0 Å². The van der Waals surface area contributed by atoms with Crippen LogP contribution in [0.15, 0.2) is 59.5 Å². The predicted octanol–water partition coefficient (Wildman–Crippen LogP) is 3.64. The van der Waals surface area contributed by atoms with Crippen molar-refractivity contribution in [2.24, 2.45) is 0 Å². The van der Waals surface area contributed by atoms with E-state index in [0.717, 1.165) is 11.3 Å². The molecule has 2 nitrogen and oxygen atoms in total. The molecule has 3 rings (SSSR count). The third kappa shape index (κ3) is 3.93. The van der Waals surface area contributed by atoms with Crippen LogP contribution in [-0.2, 0) is 11.2 Å². The molecule has 1 heterocycles. The highest BCUT2D eigenvalue weighted by molar-refractivity contribution is 8.13. The quantitative estimate of drug-likeness (QED) is 0.783. The molecule has 0 amide bonds. The van der Waals surface area contributed by atoms with Gasteiger partial charge >= 0.3 is 0 Å². The molecule has 2 aromatic rings. The molecule has 18 heavy (non-hydrogen) atoms. The van der Waals surface area contributed by atoms with E-state index in [4.69, 9.17) is 5.11 Å². The Balaban J connectivity index is 0.000000149. The fourth-order valence-electron chi connectivity index (χ4n) is 1.62. The number of aryl methyl sites for hydroxylation is 1. The number of carbonyl (C=O) groups is 1. The van der Waals surface area contributed by atoms with Crippen LogP contribution < -0.4 is 0 Å². The van der Waals surface area contributed by atoms with Crippen molar-refractivity contribution < 1.29 is 9.90 Å². The van der Waals surface area contributed by atoms with Crippen LogP contribution in [0.1, 0.15) is 12.0 Å². The molecule has 0 spiro atoms. The molecule has 0 saturated heterocycles. The predicted molar refractivity (Wildman–Crippen MR) is 73.7 cm³/mol. The van der Waals surface area contributed by atoms with Crippen molar-refractivity contribution in [3.8, 4) is 5.75 Å². The minimum atomic E-state index is 0.284. The lowest BCUT2D eigenvalue weighted by molar-refractivity contribution is -0.110. The fraction of sp³-hybridized carbons (Fsp3) is 0.133. The zero-order valence-corrected chi connectivity index (χ0v) is 10.7. The molecule has 2 bridgehead atoms. The summed E-state index contributed by atoms with van der Waals surface area (Å²) >= 11 is 1.36. The third-order valence-corrected chi connectivity index (χ3v) is 3.43. The highest BCUT2D eigenvalue weighted by Gasteiger charge is 2.10. The van der Waals surface area contributed by atoms with Crippen molar-refractivity contribution in [1.29, 1.82) is 0 Å². The van der Waals surface area contributed by atoms with Gasteiger partial charge < -0.3 is 5.11 Å². The average molecular weight is 258 g/mol. The van der Waals surface area contributed by atoms with Gasteiger partial charge in [-0.2, -0.15) is 0 Å². The molecule has 1 aliphatic heterocycles. The molecular formula is C15H14O2S. The van der Waals surface area contributed by atoms with E-state index in [1.807, 2.05) is 18.2 Å². The fourth-order valence-corrected chi connectivity index (χ4v) is 2.45. The van der Waals surface area contributed by atoms with Gasteiger partial charge in [0, 0.05) is 11.3 Å². The second kappa shape index (κ2) is 6.26. The topological polar surface area (TPSA) is 37.3 Å². The van der Waals surface area contributed by atoms with Crippen molar-refractivity contribution in [3.63, 3.8) is 0 Å². The highest BCUT2D eigenvalue weighted by Crippen LogP contribution is 2.25. The van der Waals surface area contributed by atoms with E-state index in [2.05, 4.69) is 12.1 Å². The van der Waals surface area contributed by atoms with Gasteiger partial charge in [-0.1, -0.05) is 42.1 Å². The molecule has 92 valence electrons. The second-order valence-corrected chi connectivity index (χ2v) is 5.09. The number of hydrogen-bond acceptors (Lipinski definition) is 3. The van der Waals surface area contributed by atoms with E-state index in [-0.39, 0.29) is 5.12 Å². The molecular weight excluding hydrogens is 244 g/mol. The number of carbonyl (C=O) groups excluding carboxylic acids is 1. The number of rotatable bonds is 0. The molecule has 0 aromatic heterocycles. The van der Waals surface area contributed by atoms with E-state index in [0.29, 0.717) is 12.2 Å². The number of thioether (sulfide) groups is 1. The Morgan fingerprint density at radius 1 is 0.944 bits per heavy atom. The Kier molecular flexibility index (Phi) is 4.42. The third-order valence-electron chi connectivity index (χ3n) is 2.50. The lowest BCUT2D eigenvalue weighted by atomic mass is 10.1.